The maximum atomic E-state index is 10.8. The van der Waals surface area contributed by atoms with Crippen molar-refractivity contribution in [3.63, 3.8) is 0 Å². The van der Waals surface area contributed by atoms with Crippen LogP contribution in [0.4, 0.5) is 0 Å². The molecule has 0 spiro atoms. The summed E-state index contributed by atoms with van der Waals surface area (Å²) in [5.74, 6) is 0.874. The molecule has 0 unspecified atom stereocenters. The first-order valence-corrected chi connectivity index (χ1v) is 9.80. The molecule has 4 aromatic rings. The molecule has 0 aliphatic heterocycles. The van der Waals surface area contributed by atoms with Crippen LogP contribution in [0.3, 0.4) is 0 Å². The quantitative estimate of drug-likeness (QED) is 0.596. The molecule has 5 nitrogen and oxygen atoms in total. The van der Waals surface area contributed by atoms with E-state index in [2.05, 4.69) is 28.3 Å². The van der Waals surface area contributed by atoms with Crippen molar-refractivity contribution in [3.8, 4) is 11.3 Å². The number of hydrogen-bond donors (Lipinski definition) is 1. The van der Waals surface area contributed by atoms with E-state index in [4.69, 9.17) is 4.98 Å². The number of fused-ring (bicyclic) bond motifs is 2. The topological polar surface area (TPSA) is 63.8 Å². The van der Waals surface area contributed by atoms with Gasteiger partial charge in [0, 0.05) is 46.1 Å². The van der Waals surface area contributed by atoms with Gasteiger partial charge in [0.15, 0.2) is 5.65 Å². The maximum absolute atomic E-state index is 10.8. The number of aliphatic hydroxyl groups excluding tert-OH is 1. The van der Waals surface area contributed by atoms with Crippen LogP contribution < -0.4 is 0 Å². The van der Waals surface area contributed by atoms with E-state index < -0.39 is 0 Å². The van der Waals surface area contributed by atoms with E-state index in [-0.39, 0.29) is 11.5 Å². The van der Waals surface area contributed by atoms with Crippen LogP contribution in [-0.4, -0.2) is 24.9 Å². The van der Waals surface area contributed by atoms with Crippen molar-refractivity contribution in [1.82, 2.24) is 19.7 Å². The van der Waals surface area contributed by atoms with Crippen molar-refractivity contribution in [2.45, 2.75) is 25.4 Å². The second kappa shape index (κ2) is 4.90. The Morgan fingerprint density at radius 2 is 2.08 bits per heavy atom. The summed E-state index contributed by atoms with van der Waals surface area (Å²) in [7, 11) is 1.90. The number of hydrogen-bond acceptors (Lipinski definition) is 5. The normalized spacial score (nSPS) is 25.2. The lowest BCUT2D eigenvalue weighted by Crippen LogP contribution is -2.55. The van der Waals surface area contributed by atoms with Gasteiger partial charge in [-0.25, -0.2) is 9.97 Å². The Kier molecular flexibility index (Phi) is 2.79. The van der Waals surface area contributed by atoms with Gasteiger partial charge in [0.05, 0.1) is 11.8 Å². The van der Waals surface area contributed by atoms with Crippen molar-refractivity contribution >= 4 is 32.6 Å². The van der Waals surface area contributed by atoms with Gasteiger partial charge < -0.3 is 5.11 Å². The van der Waals surface area contributed by atoms with Crippen LogP contribution >= 0.6 is 11.3 Å². The molecule has 2 bridgehead atoms. The van der Waals surface area contributed by atoms with Crippen molar-refractivity contribution in [2.75, 3.05) is 0 Å². The molecule has 3 aliphatic carbocycles. The fourth-order valence-electron chi connectivity index (χ4n) is 4.59. The molecule has 3 aliphatic rings. The van der Waals surface area contributed by atoms with E-state index in [1.54, 1.807) is 16.0 Å². The summed E-state index contributed by atoms with van der Waals surface area (Å²) in [6, 6.07) is 8.32. The molecule has 3 saturated carbocycles. The highest BCUT2D eigenvalue weighted by molar-refractivity contribution is 7.18. The van der Waals surface area contributed by atoms with E-state index in [1.807, 2.05) is 25.5 Å². The average molecular weight is 362 g/mol. The van der Waals surface area contributed by atoms with Gasteiger partial charge in [-0.15, -0.1) is 11.3 Å². The number of aliphatic hydroxyl groups is 1. The summed E-state index contributed by atoms with van der Waals surface area (Å²) in [5, 5.41) is 17.2. The van der Waals surface area contributed by atoms with Gasteiger partial charge in [0.2, 0.25) is 0 Å². The first kappa shape index (κ1) is 14.8. The summed E-state index contributed by atoms with van der Waals surface area (Å²) < 4.78 is 1.77. The van der Waals surface area contributed by atoms with Crippen molar-refractivity contribution in [3.05, 3.63) is 41.5 Å². The molecule has 130 valence electrons. The lowest BCUT2D eigenvalue weighted by atomic mass is 9.42. The summed E-state index contributed by atoms with van der Waals surface area (Å²) in [4.78, 5) is 11.3. The maximum Gasteiger partial charge on any atom is 0.181 e. The first-order chi connectivity index (χ1) is 12.6. The van der Waals surface area contributed by atoms with Crippen molar-refractivity contribution in [1.29, 1.82) is 0 Å². The number of thiophene rings is 1. The molecular weight excluding hydrogens is 344 g/mol. The second-order valence-electron chi connectivity index (χ2n) is 7.92. The number of aromatic nitrogens is 4. The minimum Gasteiger partial charge on any atom is -0.387 e. The summed E-state index contributed by atoms with van der Waals surface area (Å²) in [5.41, 5.74) is 2.81. The molecule has 6 heteroatoms. The van der Waals surface area contributed by atoms with Gasteiger partial charge >= 0.3 is 0 Å². The van der Waals surface area contributed by atoms with E-state index in [9.17, 15) is 5.11 Å². The summed E-state index contributed by atoms with van der Waals surface area (Å²) in [6.45, 7) is 0. The van der Waals surface area contributed by atoms with E-state index in [0.717, 1.165) is 43.3 Å². The van der Waals surface area contributed by atoms with Gasteiger partial charge in [-0.2, -0.15) is 5.10 Å². The highest BCUT2D eigenvalue weighted by atomic mass is 32.1. The van der Waals surface area contributed by atoms with Crippen LogP contribution in [0, 0.1) is 11.3 Å². The zero-order valence-corrected chi connectivity index (χ0v) is 15.2. The Hall–Kier alpha value is -2.31. The lowest BCUT2D eigenvalue weighted by Gasteiger charge is -2.63. The lowest BCUT2D eigenvalue weighted by molar-refractivity contribution is -0.184. The molecular formula is C20H18N4OS. The number of nitrogens with zero attached hydrogens (tertiary/aromatic N) is 4. The smallest absolute Gasteiger partial charge is 0.181 e. The molecule has 0 amide bonds. The van der Waals surface area contributed by atoms with Gasteiger partial charge in [-0.3, -0.25) is 4.68 Å². The summed E-state index contributed by atoms with van der Waals surface area (Å²) in [6.07, 6.45) is 7.04. The Balaban J connectivity index is 1.39. The molecule has 0 aromatic carbocycles. The Morgan fingerprint density at radius 3 is 2.85 bits per heavy atom. The predicted octanol–water partition coefficient (Wildman–Crippen LogP) is 4.08. The third-order valence-corrected chi connectivity index (χ3v) is 7.20. The highest BCUT2D eigenvalue weighted by Gasteiger charge is 2.60. The molecule has 26 heavy (non-hydrogen) atoms. The fraction of sp³-hybridized carbons (Fsp3) is 0.350. The zero-order chi connectivity index (χ0) is 17.5. The molecule has 3 fully saturated rings. The van der Waals surface area contributed by atoms with Crippen LogP contribution in [0.2, 0.25) is 0 Å². The monoisotopic (exact) mass is 362 g/mol. The minimum absolute atomic E-state index is 0.170. The molecule has 7 rings (SSSR count). The van der Waals surface area contributed by atoms with E-state index in [1.165, 1.54) is 19.3 Å². The van der Waals surface area contributed by atoms with E-state index in [0.29, 0.717) is 0 Å². The third kappa shape index (κ3) is 1.97. The largest absolute Gasteiger partial charge is 0.387 e. The van der Waals surface area contributed by atoms with Crippen molar-refractivity contribution < 1.29 is 5.11 Å². The Labute approximate surface area is 154 Å². The van der Waals surface area contributed by atoms with Crippen molar-refractivity contribution in [2.24, 2.45) is 18.4 Å². The predicted molar refractivity (Wildman–Crippen MR) is 102 cm³/mol. The minimum atomic E-state index is -0.330. The molecule has 4 aromatic heterocycles. The SMILES string of the molecule is Cn1cc2cc(-c3ccc4cc([C@@H](O)C56CC(C5)C6)sc4n3)cnc2n1. The number of aryl methyl sites for hydroxylation is 1. The molecule has 0 saturated heterocycles. The molecule has 1 N–H and O–H groups in total. The van der Waals surface area contributed by atoms with Gasteiger partial charge in [-0.1, -0.05) is 0 Å². The van der Waals surface area contributed by atoms with Crippen LogP contribution in [-0.2, 0) is 7.05 Å². The number of pyridine rings is 2. The Morgan fingerprint density at radius 1 is 1.23 bits per heavy atom. The first-order valence-electron chi connectivity index (χ1n) is 8.98. The zero-order valence-electron chi connectivity index (χ0n) is 14.4. The Bertz CT molecular complexity index is 1160. The highest BCUT2D eigenvalue weighted by Crippen LogP contribution is 2.70. The van der Waals surface area contributed by atoms with Gasteiger partial charge in [0.1, 0.15) is 4.83 Å². The van der Waals surface area contributed by atoms with Crippen LogP contribution in [0.5, 0.6) is 0 Å². The standard InChI is InChI=1S/C20H18N4OS/c1-24-10-14-4-13(9-21-18(14)23-24)15-3-2-12-5-16(26-19(12)22-15)17(25)20-6-11(7-20)8-20/h2-5,9-11,17,25H,6-8H2,1H3/t11?,17-,20?/m1/s1. The van der Waals surface area contributed by atoms with Gasteiger partial charge in [-0.05, 0) is 49.4 Å². The fourth-order valence-corrected chi connectivity index (χ4v) is 5.75. The molecule has 4 heterocycles. The van der Waals surface area contributed by atoms with Crippen LogP contribution in [0.15, 0.2) is 36.7 Å². The summed E-state index contributed by atoms with van der Waals surface area (Å²) >= 11 is 1.62. The van der Waals surface area contributed by atoms with Crippen LogP contribution in [0.25, 0.3) is 32.5 Å². The number of rotatable bonds is 3. The second-order valence-corrected chi connectivity index (χ2v) is 8.98. The van der Waals surface area contributed by atoms with Gasteiger partial charge in [0.25, 0.3) is 0 Å². The average Bonchev–Trinajstić information content (AvgIpc) is 3.12. The van der Waals surface area contributed by atoms with Crippen LogP contribution in [0.1, 0.15) is 30.2 Å². The molecule has 0 radical (unpaired) electrons. The van der Waals surface area contributed by atoms with E-state index >= 15 is 0 Å². The molecule has 1 atom stereocenters. The third-order valence-electron chi connectivity index (χ3n) is 6.11.